The maximum Gasteiger partial charge on any atom is 0.332 e. The molecule has 1 aromatic heterocycles. The van der Waals surface area contributed by atoms with Gasteiger partial charge in [-0.25, -0.2) is 4.79 Å². The Bertz CT molecular complexity index is 666. The molecule has 0 spiro atoms. The summed E-state index contributed by atoms with van der Waals surface area (Å²) in [5.74, 6) is -1.35. The highest BCUT2D eigenvalue weighted by atomic mass is 16.5. The third-order valence-electron chi connectivity index (χ3n) is 3.30. The molecule has 1 amide bonds. The van der Waals surface area contributed by atoms with E-state index in [0.29, 0.717) is 18.5 Å². The summed E-state index contributed by atoms with van der Waals surface area (Å²) in [5.41, 5.74) is 1.51. The van der Waals surface area contributed by atoms with Gasteiger partial charge in [-0.3, -0.25) is 9.89 Å². The quantitative estimate of drug-likeness (QED) is 0.779. The van der Waals surface area contributed by atoms with Crippen LogP contribution in [0.1, 0.15) is 12.8 Å². The van der Waals surface area contributed by atoms with Crippen LogP contribution < -0.4 is 5.32 Å². The molecule has 0 bridgehead atoms. The molecule has 0 aliphatic carbocycles. The number of H-pyrrole nitrogens is 1. The van der Waals surface area contributed by atoms with E-state index in [-0.39, 0.29) is 5.91 Å². The molecule has 1 saturated heterocycles. The molecule has 0 radical (unpaired) electrons. The maximum absolute atomic E-state index is 12.0. The number of carbonyl (C=O) groups excluding carboxylic acids is 1. The Labute approximate surface area is 113 Å². The molecule has 7 nitrogen and oxygen atoms in total. The standard InChI is InChI=1S/C13H13N3O4/c17-12(10-3-4-11(20-10)13(18)19)15-8-1-2-9-7(5-8)6-14-16-9/h1-2,5-6,10-11H,3-4H2,(H,14,16)(H,15,17)(H,18,19)/t10-,11+/m0/s1. The number of aromatic amines is 1. The molecule has 1 fully saturated rings. The van der Waals surface area contributed by atoms with E-state index in [0.717, 1.165) is 10.9 Å². The smallest absolute Gasteiger partial charge is 0.332 e. The van der Waals surface area contributed by atoms with Gasteiger partial charge < -0.3 is 15.2 Å². The lowest BCUT2D eigenvalue weighted by molar-refractivity contribution is -0.150. The van der Waals surface area contributed by atoms with E-state index in [1.165, 1.54) is 0 Å². The first kappa shape index (κ1) is 12.6. The fraction of sp³-hybridized carbons (Fsp3) is 0.308. The molecule has 2 atom stereocenters. The Hall–Kier alpha value is -2.41. The van der Waals surface area contributed by atoms with Crippen molar-refractivity contribution in [2.45, 2.75) is 25.0 Å². The van der Waals surface area contributed by atoms with Crippen LogP contribution in [-0.2, 0) is 14.3 Å². The lowest BCUT2D eigenvalue weighted by Gasteiger charge is -2.11. The molecule has 0 saturated carbocycles. The molecule has 3 rings (SSSR count). The Balaban J connectivity index is 1.68. The molecular weight excluding hydrogens is 262 g/mol. The van der Waals surface area contributed by atoms with Crippen LogP contribution in [-0.4, -0.2) is 39.4 Å². The summed E-state index contributed by atoms with van der Waals surface area (Å²) in [6.45, 7) is 0. The van der Waals surface area contributed by atoms with Crippen LogP contribution in [0.4, 0.5) is 5.69 Å². The Morgan fingerprint density at radius 3 is 2.90 bits per heavy atom. The SMILES string of the molecule is O=C(Nc1ccc2[nH]ncc2c1)[C@@H]1CC[C@H](C(=O)O)O1. The van der Waals surface area contributed by atoms with Gasteiger partial charge in [0, 0.05) is 11.1 Å². The number of ether oxygens (including phenoxy) is 1. The van der Waals surface area contributed by atoms with Crippen molar-refractivity contribution < 1.29 is 19.4 Å². The van der Waals surface area contributed by atoms with Crippen LogP contribution in [0.25, 0.3) is 10.9 Å². The molecule has 1 aliphatic rings. The number of fused-ring (bicyclic) bond motifs is 1. The Morgan fingerprint density at radius 2 is 2.15 bits per heavy atom. The van der Waals surface area contributed by atoms with Crippen molar-refractivity contribution in [3.05, 3.63) is 24.4 Å². The minimum absolute atomic E-state index is 0.323. The van der Waals surface area contributed by atoms with Gasteiger partial charge in [-0.05, 0) is 31.0 Å². The number of amides is 1. The topological polar surface area (TPSA) is 104 Å². The predicted octanol–water partition coefficient (Wildman–Crippen LogP) is 1.13. The lowest BCUT2D eigenvalue weighted by Crippen LogP contribution is -2.29. The first-order valence-electron chi connectivity index (χ1n) is 6.26. The number of nitrogens with zero attached hydrogens (tertiary/aromatic N) is 1. The van der Waals surface area contributed by atoms with Gasteiger partial charge in [0.2, 0.25) is 0 Å². The summed E-state index contributed by atoms with van der Waals surface area (Å²) in [4.78, 5) is 22.8. The van der Waals surface area contributed by atoms with Crippen LogP contribution in [0.5, 0.6) is 0 Å². The normalized spacial score (nSPS) is 22.0. The number of aromatic nitrogens is 2. The van der Waals surface area contributed by atoms with E-state index < -0.39 is 18.2 Å². The van der Waals surface area contributed by atoms with E-state index in [2.05, 4.69) is 15.5 Å². The fourth-order valence-electron chi connectivity index (χ4n) is 2.25. The summed E-state index contributed by atoms with van der Waals surface area (Å²) in [5, 5.41) is 19.2. The molecular formula is C13H13N3O4. The Kier molecular flexibility index (Phi) is 3.11. The number of rotatable bonds is 3. The van der Waals surface area contributed by atoms with Gasteiger partial charge in [-0.2, -0.15) is 5.10 Å². The Morgan fingerprint density at radius 1 is 1.35 bits per heavy atom. The second-order valence-corrected chi connectivity index (χ2v) is 4.69. The number of nitrogens with one attached hydrogen (secondary N) is 2. The summed E-state index contributed by atoms with van der Waals surface area (Å²) in [6.07, 6.45) is 0.834. The second-order valence-electron chi connectivity index (χ2n) is 4.69. The molecule has 2 aromatic rings. The van der Waals surface area contributed by atoms with Gasteiger partial charge in [0.15, 0.2) is 6.10 Å². The largest absolute Gasteiger partial charge is 0.479 e. The van der Waals surface area contributed by atoms with Crippen molar-refractivity contribution in [1.29, 1.82) is 0 Å². The number of anilines is 1. The maximum atomic E-state index is 12.0. The molecule has 3 N–H and O–H groups in total. The van der Waals surface area contributed by atoms with Crippen LogP contribution in [0.3, 0.4) is 0 Å². The number of hydrogen-bond donors (Lipinski definition) is 3. The van der Waals surface area contributed by atoms with Crippen LogP contribution >= 0.6 is 0 Å². The summed E-state index contributed by atoms with van der Waals surface area (Å²) < 4.78 is 5.20. The van der Waals surface area contributed by atoms with E-state index in [9.17, 15) is 9.59 Å². The predicted molar refractivity (Wildman–Crippen MR) is 70.3 cm³/mol. The third kappa shape index (κ3) is 2.35. The fourth-order valence-corrected chi connectivity index (χ4v) is 2.25. The van der Waals surface area contributed by atoms with Crippen LogP contribution in [0, 0.1) is 0 Å². The first-order chi connectivity index (χ1) is 9.63. The zero-order valence-corrected chi connectivity index (χ0v) is 10.5. The molecule has 1 aliphatic heterocycles. The van der Waals surface area contributed by atoms with Crippen molar-refractivity contribution in [1.82, 2.24) is 10.2 Å². The van der Waals surface area contributed by atoms with Gasteiger partial charge in [-0.15, -0.1) is 0 Å². The van der Waals surface area contributed by atoms with E-state index in [1.54, 1.807) is 18.3 Å². The number of carboxylic acid groups (broad SMARTS) is 1. The van der Waals surface area contributed by atoms with Gasteiger partial charge in [0.05, 0.1) is 11.7 Å². The van der Waals surface area contributed by atoms with Crippen molar-refractivity contribution >= 4 is 28.5 Å². The highest BCUT2D eigenvalue weighted by molar-refractivity contribution is 5.96. The molecule has 20 heavy (non-hydrogen) atoms. The van der Waals surface area contributed by atoms with Crippen LogP contribution in [0.2, 0.25) is 0 Å². The van der Waals surface area contributed by atoms with E-state index in [1.807, 2.05) is 6.07 Å². The number of carbonyl (C=O) groups is 2. The highest BCUT2D eigenvalue weighted by Crippen LogP contribution is 2.22. The molecule has 104 valence electrons. The van der Waals surface area contributed by atoms with Crippen molar-refractivity contribution in [2.75, 3.05) is 5.32 Å². The third-order valence-corrected chi connectivity index (χ3v) is 3.30. The molecule has 7 heteroatoms. The average molecular weight is 275 g/mol. The van der Waals surface area contributed by atoms with Crippen molar-refractivity contribution in [2.24, 2.45) is 0 Å². The minimum atomic E-state index is -1.03. The number of carboxylic acids is 1. The monoisotopic (exact) mass is 275 g/mol. The summed E-state index contributed by atoms with van der Waals surface area (Å²) in [7, 11) is 0. The number of hydrogen-bond acceptors (Lipinski definition) is 4. The summed E-state index contributed by atoms with van der Waals surface area (Å²) in [6, 6.07) is 5.36. The lowest BCUT2D eigenvalue weighted by atomic mass is 10.2. The minimum Gasteiger partial charge on any atom is -0.479 e. The zero-order chi connectivity index (χ0) is 14.1. The molecule has 1 aromatic carbocycles. The number of benzene rings is 1. The van der Waals surface area contributed by atoms with Crippen molar-refractivity contribution in [3.63, 3.8) is 0 Å². The van der Waals surface area contributed by atoms with Gasteiger partial charge >= 0.3 is 5.97 Å². The van der Waals surface area contributed by atoms with Gasteiger partial charge in [-0.1, -0.05) is 0 Å². The van der Waals surface area contributed by atoms with Crippen LogP contribution in [0.15, 0.2) is 24.4 Å². The first-order valence-corrected chi connectivity index (χ1v) is 6.26. The van der Waals surface area contributed by atoms with E-state index >= 15 is 0 Å². The highest BCUT2D eigenvalue weighted by Gasteiger charge is 2.34. The molecule has 2 heterocycles. The average Bonchev–Trinajstić information content (AvgIpc) is 3.07. The van der Waals surface area contributed by atoms with E-state index in [4.69, 9.17) is 9.84 Å². The zero-order valence-electron chi connectivity index (χ0n) is 10.5. The van der Waals surface area contributed by atoms with Gasteiger partial charge in [0.1, 0.15) is 6.10 Å². The molecule has 0 unspecified atom stereocenters. The van der Waals surface area contributed by atoms with Crippen molar-refractivity contribution in [3.8, 4) is 0 Å². The number of aliphatic carboxylic acids is 1. The summed E-state index contributed by atoms with van der Waals surface area (Å²) >= 11 is 0. The van der Waals surface area contributed by atoms with Gasteiger partial charge in [0.25, 0.3) is 5.91 Å². The second kappa shape index (κ2) is 4.93.